The molecule has 3 heterocycles. The molecule has 2 aliphatic heterocycles. The van der Waals surface area contributed by atoms with E-state index >= 15 is 0 Å². The van der Waals surface area contributed by atoms with Gasteiger partial charge in [-0.1, -0.05) is 23.7 Å². The molecule has 5 rings (SSSR count). The second kappa shape index (κ2) is 8.57. The zero-order chi connectivity index (χ0) is 22.2. The highest BCUT2D eigenvalue weighted by Crippen LogP contribution is 2.39. The summed E-state index contributed by atoms with van der Waals surface area (Å²) < 4.78 is 10.8. The van der Waals surface area contributed by atoms with Crippen LogP contribution in [0.2, 0.25) is 5.02 Å². The van der Waals surface area contributed by atoms with E-state index in [2.05, 4.69) is 15.6 Å². The largest absolute Gasteiger partial charge is 0.480 e. The van der Waals surface area contributed by atoms with E-state index in [1.54, 1.807) is 12.1 Å². The summed E-state index contributed by atoms with van der Waals surface area (Å²) in [5.74, 6) is 0.948. The van der Waals surface area contributed by atoms with Crippen LogP contribution in [-0.4, -0.2) is 54.4 Å². The number of nitrogens with zero attached hydrogens (tertiary/aromatic N) is 2. The second-order valence-electron chi connectivity index (χ2n) is 8.18. The van der Waals surface area contributed by atoms with Crippen LogP contribution in [0.1, 0.15) is 23.7 Å². The maximum absolute atomic E-state index is 12.3. The van der Waals surface area contributed by atoms with E-state index in [1.807, 2.05) is 18.2 Å². The summed E-state index contributed by atoms with van der Waals surface area (Å²) in [6.07, 6.45) is 0.0829. The molecule has 1 aromatic carbocycles. The number of benzene rings is 1. The topological polar surface area (TPSA) is 113 Å². The third-order valence-corrected chi connectivity index (χ3v) is 6.40. The molecule has 1 aromatic heterocycles. The van der Waals surface area contributed by atoms with Gasteiger partial charge in [-0.15, -0.1) is 0 Å². The Morgan fingerprint density at radius 1 is 1.28 bits per heavy atom. The van der Waals surface area contributed by atoms with Gasteiger partial charge in [-0.3, -0.25) is 9.69 Å². The number of aromatic nitrogens is 1. The van der Waals surface area contributed by atoms with E-state index in [0.29, 0.717) is 48.5 Å². The first-order valence-corrected chi connectivity index (χ1v) is 11.0. The van der Waals surface area contributed by atoms with E-state index in [1.165, 1.54) is 4.90 Å². The molecule has 0 saturated carbocycles. The number of anilines is 2. The summed E-state index contributed by atoms with van der Waals surface area (Å²) in [5.41, 5.74) is 1.93. The minimum absolute atomic E-state index is 0.0497. The Morgan fingerprint density at radius 2 is 2.16 bits per heavy atom. The average molecular weight is 459 g/mol. The number of carbonyl (C=O) groups excluding carboxylic acids is 2. The Hall–Kier alpha value is -2.88. The van der Waals surface area contributed by atoms with E-state index in [9.17, 15) is 14.7 Å². The fourth-order valence-electron chi connectivity index (χ4n) is 4.39. The quantitative estimate of drug-likeness (QED) is 0.569. The lowest BCUT2D eigenvalue weighted by molar-refractivity contribution is -0.118. The number of halogens is 1. The van der Waals surface area contributed by atoms with Crippen LogP contribution >= 0.6 is 11.6 Å². The zero-order valence-electron chi connectivity index (χ0n) is 17.2. The van der Waals surface area contributed by atoms with Gasteiger partial charge in [0.05, 0.1) is 12.6 Å². The Balaban J connectivity index is 1.12. The van der Waals surface area contributed by atoms with Crippen molar-refractivity contribution in [2.45, 2.75) is 25.0 Å². The molecule has 0 bridgehead atoms. The van der Waals surface area contributed by atoms with Crippen molar-refractivity contribution >= 4 is 35.2 Å². The first-order valence-electron chi connectivity index (χ1n) is 10.6. The molecule has 10 heteroatoms. The van der Waals surface area contributed by atoms with E-state index in [0.717, 1.165) is 17.5 Å². The first-order chi connectivity index (χ1) is 15.5. The zero-order valence-corrected chi connectivity index (χ0v) is 18.0. The molecule has 2 amide bonds. The highest BCUT2D eigenvalue weighted by Gasteiger charge is 2.34. The number of carbonyl (C=O) groups is 2. The number of aliphatic hydroxyl groups is 1. The van der Waals surface area contributed by atoms with Gasteiger partial charge in [-0.25, -0.2) is 9.78 Å². The highest BCUT2D eigenvalue weighted by molar-refractivity contribution is 6.31. The number of cyclic esters (lactones) is 1. The van der Waals surface area contributed by atoms with Crippen molar-refractivity contribution in [2.24, 2.45) is 5.92 Å². The Kier molecular flexibility index (Phi) is 5.62. The number of nitrogens with one attached hydrogen (secondary N) is 2. The highest BCUT2D eigenvalue weighted by atomic mass is 35.5. The number of ether oxygens (including phenoxy) is 2. The van der Waals surface area contributed by atoms with Crippen LogP contribution in [0.25, 0.3) is 0 Å². The SMILES string of the molecule is O=C1COc2ccc(N3CC(CCNCC4Cc5c(Cl)cccc5C4O)OC3=O)nc2N1. The van der Waals surface area contributed by atoms with Crippen molar-refractivity contribution < 1.29 is 24.2 Å². The van der Waals surface area contributed by atoms with Crippen molar-refractivity contribution in [2.75, 3.05) is 36.5 Å². The smallest absolute Gasteiger partial charge is 0.415 e. The predicted octanol–water partition coefficient (Wildman–Crippen LogP) is 2.28. The van der Waals surface area contributed by atoms with Gasteiger partial charge in [0.25, 0.3) is 5.91 Å². The van der Waals surface area contributed by atoms with Gasteiger partial charge >= 0.3 is 6.09 Å². The standard InChI is InChI=1S/C22H23ClN4O5/c23-16-3-1-2-14-15(16)8-12(20(14)29)9-24-7-6-13-10-27(22(30)32-13)18-5-4-17-21(25-18)26-19(28)11-31-17/h1-5,12-13,20,24,29H,6-11H2,(H,25,26,28). The lowest BCUT2D eigenvalue weighted by Gasteiger charge is -2.19. The molecule has 1 saturated heterocycles. The van der Waals surface area contributed by atoms with Crippen LogP contribution in [0.15, 0.2) is 30.3 Å². The lowest BCUT2D eigenvalue weighted by Crippen LogP contribution is -2.30. The molecule has 168 valence electrons. The summed E-state index contributed by atoms with van der Waals surface area (Å²) in [6, 6.07) is 8.98. The number of amides is 2. The van der Waals surface area contributed by atoms with E-state index < -0.39 is 12.2 Å². The van der Waals surface area contributed by atoms with Crippen LogP contribution in [0, 0.1) is 5.92 Å². The summed E-state index contributed by atoms with van der Waals surface area (Å²) in [4.78, 5) is 29.6. The summed E-state index contributed by atoms with van der Waals surface area (Å²) in [7, 11) is 0. The van der Waals surface area contributed by atoms with Crippen LogP contribution in [-0.2, 0) is 16.0 Å². The molecule has 32 heavy (non-hydrogen) atoms. The third-order valence-electron chi connectivity index (χ3n) is 6.05. The van der Waals surface area contributed by atoms with Crippen LogP contribution in [0.4, 0.5) is 16.4 Å². The second-order valence-corrected chi connectivity index (χ2v) is 8.59. The third kappa shape index (κ3) is 3.99. The maximum atomic E-state index is 12.3. The molecule has 0 radical (unpaired) electrons. The van der Waals surface area contributed by atoms with Crippen molar-refractivity contribution in [3.63, 3.8) is 0 Å². The van der Waals surface area contributed by atoms with Gasteiger partial charge in [0.15, 0.2) is 18.2 Å². The van der Waals surface area contributed by atoms with Gasteiger partial charge in [0.2, 0.25) is 0 Å². The van der Waals surface area contributed by atoms with Crippen molar-refractivity contribution in [1.29, 1.82) is 0 Å². The molecule has 3 unspecified atom stereocenters. The first kappa shape index (κ1) is 21.0. The lowest BCUT2D eigenvalue weighted by atomic mass is 10.0. The number of fused-ring (bicyclic) bond motifs is 2. The predicted molar refractivity (Wildman–Crippen MR) is 117 cm³/mol. The fraction of sp³-hybridized carbons (Fsp3) is 0.409. The van der Waals surface area contributed by atoms with Gasteiger partial charge in [0, 0.05) is 17.5 Å². The number of aliphatic hydroxyl groups excluding tert-OH is 1. The maximum Gasteiger partial charge on any atom is 0.415 e. The molecule has 3 N–H and O–H groups in total. The molecule has 1 fully saturated rings. The van der Waals surface area contributed by atoms with Crippen molar-refractivity contribution in [3.05, 3.63) is 46.5 Å². The number of hydrogen-bond acceptors (Lipinski definition) is 7. The molecule has 2 aromatic rings. The van der Waals surface area contributed by atoms with Crippen molar-refractivity contribution in [3.8, 4) is 5.75 Å². The Labute approximate surface area is 189 Å². The minimum atomic E-state index is -0.532. The molecule has 1 aliphatic carbocycles. The molecule has 9 nitrogen and oxygen atoms in total. The summed E-state index contributed by atoms with van der Waals surface area (Å²) >= 11 is 6.25. The molecule has 3 atom stereocenters. The van der Waals surface area contributed by atoms with Crippen LogP contribution in [0.5, 0.6) is 5.75 Å². The summed E-state index contributed by atoms with van der Waals surface area (Å²) in [5, 5.41) is 17.3. The van der Waals surface area contributed by atoms with E-state index in [4.69, 9.17) is 21.1 Å². The van der Waals surface area contributed by atoms with Gasteiger partial charge in [-0.2, -0.15) is 0 Å². The Morgan fingerprint density at radius 3 is 3.00 bits per heavy atom. The molecule has 3 aliphatic rings. The van der Waals surface area contributed by atoms with Crippen molar-refractivity contribution in [1.82, 2.24) is 10.3 Å². The Bertz CT molecular complexity index is 1060. The van der Waals surface area contributed by atoms with Crippen LogP contribution in [0.3, 0.4) is 0 Å². The van der Waals surface area contributed by atoms with Gasteiger partial charge in [-0.05, 0) is 48.7 Å². The van der Waals surface area contributed by atoms with Gasteiger partial charge in [0.1, 0.15) is 11.9 Å². The van der Waals surface area contributed by atoms with Gasteiger partial charge < -0.3 is 25.2 Å². The van der Waals surface area contributed by atoms with Crippen LogP contribution < -0.4 is 20.3 Å². The van der Waals surface area contributed by atoms with E-state index in [-0.39, 0.29) is 24.5 Å². The molecular weight excluding hydrogens is 436 g/mol. The number of rotatable bonds is 6. The normalized spacial score (nSPS) is 23.9. The number of hydrogen-bond donors (Lipinski definition) is 3. The average Bonchev–Trinajstić information content (AvgIpc) is 3.31. The fourth-order valence-corrected chi connectivity index (χ4v) is 4.65. The molecular formula is C22H23ClN4O5. The molecule has 0 spiro atoms. The monoisotopic (exact) mass is 458 g/mol. The minimum Gasteiger partial charge on any atom is -0.480 e. The number of pyridine rings is 1. The summed E-state index contributed by atoms with van der Waals surface area (Å²) in [6.45, 7) is 1.60.